The summed E-state index contributed by atoms with van der Waals surface area (Å²) in [5.41, 5.74) is 4.69. The summed E-state index contributed by atoms with van der Waals surface area (Å²) in [6.07, 6.45) is 3.48. The van der Waals surface area contributed by atoms with Crippen LogP contribution >= 0.6 is 11.3 Å². The lowest BCUT2D eigenvalue weighted by Crippen LogP contribution is -2.27. The number of hydrogen-bond donors (Lipinski definition) is 2. The lowest BCUT2D eigenvalue weighted by molar-refractivity contribution is -0.116. The van der Waals surface area contributed by atoms with Gasteiger partial charge in [-0.25, -0.2) is 18.1 Å². The summed E-state index contributed by atoms with van der Waals surface area (Å²) in [5, 5.41) is 5.18. The Kier molecular flexibility index (Phi) is 5.75. The molecule has 0 saturated heterocycles. The van der Waals surface area contributed by atoms with Gasteiger partial charge < -0.3 is 5.32 Å². The third-order valence-corrected chi connectivity index (χ3v) is 7.08. The molecule has 0 saturated carbocycles. The molecule has 0 spiro atoms. The number of rotatable bonds is 7. The van der Waals surface area contributed by atoms with E-state index in [0.29, 0.717) is 5.13 Å². The van der Waals surface area contributed by atoms with Crippen LogP contribution in [0.25, 0.3) is 11.3 Å². The number of nitrogens with zero attached hydrogens (tertiary/aromatic N) is 1. The number of amides is 1. The van der Waals surface area contributed by atoms with Crippen molar-refractivity contribution in [2.75, 3.05) is 11.9 Å². The molecule has 1 aliphatic carbocycles. The second kappa shape index (κ2) is 8.44. The smallest absolute Gasteiger partial charge is 0.240 e. The Bertz CT molecular complexity index is 1130. The number of benzene rings is 2. The number of carbonyl (C=O) groups excluding carboxylic acids is 1. The Morgan fingerprint density at radius 1 is 1.07 bits per heavy atom. The number of sulfonamides is 1. The fourth-order valence-corrected chi connectivity index (χ4v) is 5.15. The van der Waals surface area contributed by atoms with Gasteiger partial charge >= 0.3 is 0 Å². The zero-order valence-corrected chi connectivity index (χ0v) is 17.4. The van der Waals surface area contributed by atoms with Gasteiger partial charge in [0.2, 0.25) is 15.9 Å². The minimum atomic E-state index is -3.61. The SMILES string of the molecule is O=C(CCNS(=O)(=O)c1ccccc1)Nc1nc(-c2ccc3c(c2)CCC3)cs1. The van der Waals surface area contributed by atoms with Crippen molar-refractivity contribution in [2.45, 2.75) is 30.6 Å². The topological polar surface area (TPSA) is 88.2 Å². The number of anilines is 1. The highest BCUT2D eigenvalue weighted by Crippen LogP contribution is 2.30. The van der Waals surface area contributed by atoms with Crippen LogP contribution in [0.5, 0.6) is 0 Å². The number of fused-ring (bicyclic) bond motifs is 1. The van der Waals surface area contributed by atoms with Gasteiger partial charge in [-0.05, 0) is 48.6 Å². The molecule has 29 heavy (non-hydrogen) atoms. The Balaban J connectivity index is 1.32. The summed E-state index contributed by atoms with van der Waals surface area (Å²) < 4.78 is 26.8. The normalized spacial score (nSPS) is 13.2. The molecule has 2 N–H and O–H groups in total. The van der Waals surface area contributed by atoms with Crippen LogP contribution in [0.15, 0.2) is 58.8 Å². The standard InChI is InChI=1S/C21H21N3O3S2/c25-20(11-12-22-29(26,27)18-7-2-1-3-8-18)24-21-23-19(14-28-21)17-10-9-15-5-4-6-16(15)13-17/h1-3,7-10,13-14,22H,4-6,11-12H2,(H,23,24,25). The molecule has 1 heterocycles. The second-order valence-corrected chi connectivity index (χ2v) is 9.51. The van der Waals surface area contributed by atoms with E-state index in [1.54, 1.807) is 18.2 Å². The van der Waals surface area contributed by atoms with E-state index in [9.17, 15) is 13.2 Å². The molecule has 4 rings (SSSR count). The van der Waals surface area contributed by atoms with Crippen LogP contribution in [0.4, 0.5) is 5.13 Å². The fourth-order valence-electron chi connectivity index (χ4n) is 3.36. The number of aryl methyl sites for hydroxylation is 2. The highest BCUT2D eigenvalue weighted by Gasteiger charge is 2.15. The van der Waals surface area contributed by atoms with E-state index in [-0.39, 0.29) is 23.8 Å². The molecule has 0 bridgehead atoms. The molecule has 0 unspecified atom stereocenters. The van der Waals surface area contributed by atoms with Gasteiger partial charge in [-0.1, -0.05) is 30.3 Å². The third kappa shape index (κ3) is 4.72. The first-order chi connectivity index (χ1) is 14.0. The van der Waals surface area contributed by atoms with E-state index >= 15 is 0 Å². The van der Waals surface area contributed by atoms with Crippen molar-refractivity contribution in [2.24, 2.45) is 0 Å². The lowest BCUT2D eigenvalue weighted by atomic mass is 10.1. The van der Waals surface area contributed by atoms with Gasteiger partial charge in [0.05, 0.1) is 10.6 Å². The first-order valence-electron chi connectivity index (χ1n) is 9.43. The van der Waals surface area contributed by atoms with Gasteiger partial charge in [0, 0.05) is 23.9 Å². The molecule has 0 fully saturated rings. The Labute approximate surface area is 174 Å². The molecule has 0 atom stereocenters. The van der Waals surface area contributed by atoms with Crippen molar-refractivity contribution >= 4 is 32.4 Å². The third-order valence-electron chi connectivity index (χ3n) is 4.84. The van der Waals surface area contributed by atoms with Crippen LogP contribution in [-0.2, 0) is 27.7 Å². The Hall–Kier alpha value is -2.55. The monoisotopic (exact) mass is 427 g/mol. The highest BCUT2D eigenvalue weighted by molar-refractivity contribution is 7.89. The van der Waals surface area contributed by atoms with Crippen molar-refractivity contribution in [3.05, 3.63) is 65.0 Å². The predicted octanol–water partition coefficient (Wildman–Crippen LogP) is 3.61. The van der Waals surface area contributed by atoms with E-state index in [2.05, 4.69) is 33.2 Å². The fraction of sp³-hybridized carbons (Fsp3) is 0.238. The number of thiazole rings is 1. The summed E-state index contributed by atoms with van der Waals surface area (Å²) in [6, 6.07) is 14.5. The van der Waals surface area contributed by atoms with Crippen molar-refractivity contribution in [3.63, 3.8) is 0 Å². The molecule has 1 amide bonds. The molecule has 1 aliphatic rings. The molecule has 0 aliphatic heterocycles. The van der Waals surface area contributed by atoms with Gasteiger partial charge in [0.1, 0.15) is 0 Å². The van der Waals surface area contributed by atoms with E-state index in [4.69, 9.17) is 0 Å². The van der Waals surface area contributed by atoms with Crippen molar-refractivity contribution in [1.29, 1.82) is 0 Å². The molecule has 0 radical (unpaired) electrons. The predicted molar refractivity (Wildman–Crippen MR) is 114 cm³/mol. The quantitative estimate of drug-likeness (QED) is 0.603. The van der Waals surface area contributed by atoms with Crippen LogP contribution in [0.2, 0.25) is 0 Å². The zero-order chi connectivity index (χ0) is 20.3. The highest BCUT2D eigenvalue weighted by atomic mass is 32.2. The van der Waals surface area contributed by atoms with Crippen LogP contribution in [0.3, 0.4) is 0 Å². The van der Waals surface area contributed by atoms with Crippen molar-refractivity contribution in [3.8, 4) is 11.3 Å². The van der Waals surface area contributed by atoms with Crippen molar-refractivity contribution < 1.29 is 13.2 Å². The van der Waals surface area contributed by atoms with Gasteiger partial charge in [-0.2, -0.15) is 0 Å². The second-order valence-electron chi connectivity index (χ2n) is 6.88. The summed E-state index contributed by atoms with van der Waals surface area (Å²) in [5.74, 6) is -0.282. The average molecular weight is 428 g/mol. The molecule has 150 valence electrons. The van der Waals surface area contributed by atoms with Gasteiger partial charge in [0.25, 0.3) is 0 Å². The van der Waals surface area contributed by atoms with Crippen LogP contribution in [-0.4, -0.2) is 25.9 Å². The maximum absolute atomic E-state index is 12.2. The summed E-state index contributed by atoms with van der Waals surface area (Å²) in [4.78, 5) is 16.8. The first kappa shape index (κ1) is 19.8. The minimum absolute atomic E-state index is 0.0200. The number of carbonyl (C=O) groups is 1. The summed E-state index contributed by atoms with van der Waals surface area (Å²) in [7, 11) is -3.61. The number of aromatic nitrogens is 1. The largest absolute Gasteiger partial charge is 0.302 e. The molecule has 6 nitrogen and oxygen atoms in total. The van der Waals surface area contributed by atoms with Gasteiger partial charge in [-0.3, -0.25) is 4.79 Å². The Morgan fingerprint density at radius 2 is 1.86 bits per heavy atom. The number of nitrogens with one attached hydrogen (secondary N) is 2. The molecule has 2 aromatic carbocycles. The Morgan fingerprint density at radius 3 is 2.69 bits per heavy atom. The first-order valence-corrected chi connectivity index (χ1v) is 11.8. The molecular weight excluding hydrogens is 406 g/mol. The van der Waals surface area contributed by atoms with E-state index in [1.165, 1.54) is 41.0 Å². The van der Waals surface area contributed by atoms with Gasteiger partial charge in [0.15, 0.2) is 5.13 Å². The van der Waals surface area contributed by atoms with E-state index < -0.39 is 10.0 Å². The van der Waals surface area contributed by atoms with Crippen LogP contribution in [0.1, 0.15) is 24.0 Å². The van der Waals surface area contributed by atoms with Gasteiger partial charge in [-0.15, -0.1) is 11.3 Å². The summed E-state index contributed by atoms with van der Waals surface area (Å²) in [6.45, 7) is 0.0200. The van der Waals surface area contributed by atoms with Crippen LogP contribution in [0, 0.1) is 0 Å². The maximum atomic E-state index is 12.2. The zero-order valence-electron chi connectivity index (χ0n) is 15.7. The molecule has 3 aromatic rings. The van der Waals surface area contributed by atoms with Crippen LogP contribution < -0.4 is 10.0 Å². The minimum Gasteiger partial charge on any atom is -0.302 e. The summed E-state index contributed by atoms with van der Waals surface area (Å²) >= 11 is 1.36. The lowest BCUT2D eigenvalue weighted by Gasteiger charge is -2.06. The average Bonchev–Trinajstić information content (AvgIpc) is 3.37. The molecular formula is C21H21N3O3S2. The van der Waals surface area contributed by atoms with E-state index in [0.717, 1.165) is 24.1 Å². The van der Waals surface area contributed by atoms with E-state index in [1.807, 2.05) is 5.38 Å². The molecule has 8 heteroatoms. The van der Waals surface area contributed by atoms with Crippen molar-refractivity contribution in [1.82, 2.24) is 9.71 Å². The number of hydrogen-bond acceptors (Lipinski definition) is 5. The maximum Gasteiger partial charge on any atom is 0.240 e. The molecule has 1 aromatic heterocycles.